The van der Waals surface area contributed by atoms with Crippen molar-refractivity contribution < 1.29 is 4.39 Å². The van der Waals surface area contributed by atoms with Gasteiger partial charge in [0.05, 0.1) is 11.9 Å². The number of likely N-dealkylation sites (tertiary alicyclic amines) is 1. The molecule has 0 amide bonds. The molecule has 0 spiro atoms. The summed E-state index contributed by atoms with van der Waals surface area (Å²) in [7, 11) is 0. The van der Waals surface area contributed by atoms with Crippen LogP contribution in [-0.2, 0) is 6.54 Å². The lowest BCUT2D eigenvalue weighted by Gasteiger charge is -2.15. The lowest BCUT2D eigenvalue weighted by molar-refractivity contribution is 0.312. The third kappa shape index (κ3) is 3.46. The topological polar surface area (TPSA) is 44.0 Å². The Morgan fingerprint density at radius 2 is 2.04 bits per heavy atom. The Bertz CT molecular complexity index is 647. The van der Waals surface area contributed by atoms with E-state index >= 15 is 0 Å². The number of nitrogens with one attached hydrogen (secondary N) is 2. The fraction of sp³-hybridized carbons (Fsp3) is 0.500. The van der Waals surface area contributed by atoms with Crippen LogP contribution in [0.3, 0.4) is 0 Å². The molecule has 2 heterocycles. The van der Waals surface area contributed by atoms with Crippen LogP contribution in [0, 0.1) is 11.7 Å². The number of benzene rings is 1. The van der Waals surface area contributed by atoms with Crippen molar-refractivity contribution in [1.29, 1.82) is 0 Å². The third-order valence-corrected chi connectivity index (χ3v) is 4.98. The third-order valence-electron chi connectivity index (χ3n) is 4.98. The number of H-pyrrole nitrogens is 1. The second-order valence-electron chi connectivity index (χ2n) is 6.79. The molecule has 2 aliphatic rings. The Kier molecular flexibility index (Phi) is 4.14. The van der Waals surface area contributed by atoms with Crippen molar-refractivity contribution in [2.45, 2.75) is 31.8 Å². The van der Waals surface area contributed by atoms with E-state index in [9.17, 15) is 4.39 Å². The first-order chi connectivity index (χ1) is 11.3. The molecule has 0 unspecified atom stereocenters. The van der Waals surface area contributed by atoms with Crippen molar-refractivity contribution in [2.75, 3.05) is 19.6 Å². The van der Waals surface area contributed by atoms with Gasteiger partial charge in [-0.25, -0.2) is 4.39 Å². The van der Waals surface area contributed by atoms with Crippen molar-refractivity contribution in [3.05, 3.63) is 41.8 Å². The molecule has 1 aliphatic heterocycles. The van der Waals surface area contributed by atoms with E-state index in [1.165, 1.54) is 44.5 Å². The zero-order valence-corrected chi connectivity index (χ0v) is 13.3. The van der Waals surface area contributed by atoms with Gasteiger partial charge in [-0.1, -0.05) is 0 Å². The van der Waals surface area contributed by atoms with Gasteiger partial charge in [-0.05, 0) is 62.5 Å². The van der Waals surface area contributed by atoms with Crippen molar-refractivity contribution in [1.82, 2.24) is 20.4 Å². The van der Waals surface area contributed by atoms with Gasteiger partial charge in [0.1, 0.15) is 5.82 Å². The molecule has 0 radical (unpaired) electrons. The van der Waals surface area contributed by atoms with Crippen LogP contribution >= 0.6 is 0 Å². The maximum absolute atomic E-state index is 13.1. The molecular weight excluding hydrogens is 291 g/mol. The molecule has 1 aliphatic carbocycles. The normalized spacial score (nSPS) is 21.9. The summed E-state index contributed by atoms with van der Waals surface area (Å²) < 4.78 is 13.1. The highest BCUT2D eigenvalue weighted by molar-refractivity contribution is 5.62. The van der Waals surface area contributed by atoms with Gasteiger partial charge in [0.15, 0.2) is 0 Å². The molecule has 1 aromatic carbocycles. The Morgan fingerprint density at radius 1 is 1.22 bits per heavy atom. The minimum absolute atomic E-state index is 0.214. The average Bonchev–Trinajstić information content (AvgIpc) is 3.12. The molecular formula is C18H23FN4. The Hall–Kier alpha value is -1.72. The summed E-state index contributed by atoms with van der Waals surface area (Å²) in [5, 5.41) is 10.7. The average molecular weight is 314 g/mol. The highest BCUT2D eigenvalue weighted by Crippen LogP contribution is 2.31. The SMILES string of the molecule is Fc1ccc(-c2[nH]ncc2CNC[C@H]2CCN(C3CC3)C2)cc1. The van der Waals surface area contributed by atoms with Gasteiger partial charge < -0.3 is 10.2 Å². The first-order valence-electron chi connectivity index (χ1n) is 8.52. The predicted octanol–water partition coefficient (Wildman–Crippen LogP) is 2.79. The summed E-state index contributed by atoms with van der Waals surface area (Å²) in [6.07, 6.45) is 5.96. The molecule has 4 nitrogen and oxygen atoms in total. The monoisotopic (exact) mass is 314 g/mol. The lowest BCUT2D eigenvalue weighted by atomic mass is 10.1. The molecule has 1 atom stereocenters. The number of hydrogen-bond acceptors (Lipinski definition) is 3. The van der Waals surface area contributed by atoms with Crippen LogP contribution in [0.1, 0.15) is 24.8 Å². The van der Waals surface area contributed by atoms with Gasteiger partial charge in [0, 0.05) is 30.3 Å². The Labute approximate surface area is 136 Å². The fourth-order valence-corrected chi connectivity index (χ4v) is 3.52. The second-order valence-corrected chi connectivity index (χ2v) is 6.79. The molecule has 122 valence electrons. The van der Waals surface area contributed by atoms with Crippen molar-refractivity contribution in [3.63, 3.8) is 0 Å². The van der Waals surface area contributed by atoms with Crippen molar-refractivity contribution in [3.8, 4) is 11.3 Å². The van der Waals surface area contributed by atoms with Crippen LogP contribution in [0.25, 0.3) is 11.3 Å². The quantitative estimate of drug-likeness (QED) is 0.862. The van der Waals surface area contributed by atoms with Gasteiger partial charge in [-0.2, -0.15) is 5.10 Å². The van der Waals surface area contributed by atoms with E-state index in [0.29, 0.717) is 0 Å². The molecule has 1 aromatic heterocycles. The van der Waals surface area contributed by atoms with E-state index in [0.717, 1.165) is 41.9 Å². The highest BCUT2D eigenvalue weighted by Gasteiger charge is 2.33. The van der Waals surface area contributed by atoms with E-state index in [1.54, 1.807) is 12.1 Å². The van der Waals surface area contributed by atoms with Crippen LogP contribution < -0.4 is 5.32 Å². The zero-order chi connectivity index (χ0) is 15.6. The first kappa shape index (κ1) is 14.8. The number of nitrogens with zero attached hydrogens (tertiary/aromatic N) is 2. The van der Waals surface area contributed by atoms with Gasteiger partial charge in [0.25, 0.3) is 0 Å². The van der Waals surface area contributed by atoms with Gasteiger partial charge in [0.2, 0.25) is 0 Å². The Balaban J connectivity index is 1.31. The molecule has 0 bridgehead atoms. The largest absolute Gasteiger partial charge is 0.312 e. The molecule has 1 saturated carbocycles. The number of aromatic nitrogens is 2. The molecule has 1 saturated heterocycles. The number of halogens is 1. The van der Waals surface area contributed by atoms with Gasteiger partial charge >= 0.3 is 0 Å². The van der Waals surface area contributed by atoms with E-state index in [-0.39, 0.29) is 5.82 Å². The van der Waals surface area contributed by atoms with Gasteiger partial charge in [-0.15, -0.1) is 0 Å². The number of rotatable bonds is 6. The summed E-state index contributed by atoms with van der Waals surface area (Å²) >= 11 is 0. The summed E-state index contributed by atoms with van der Waals surface area (Å²) in [5.41, 5.74) is 3.08. The number of hydrogen-bond donors (Lipinski definition) is 2. The van der Waals surface area contributed by atoms with E-state index in [4.69, 9.17) is 0 Å². The standard InChI is InChI=1S/C18H23FN4/c19-16-3-1-14(2-4-16)18-15(11-21-22-18)10-20-9-13-7-8-23(12-13)17-5-6-17/h1-4,11,13,17,20H,5-10,12H2,(H,21,22)/t13-/m1/s1. The second kappa shape index (κ2) is 6.42. The molecule has 2 fully saturated rings. The van der Waals surface area contributed by atoms with Crippen LogP contribution in [-0.4, -0.2) is 40.8 Å². The summed E-state index contributed by atoms with van der Waals surface area (Å²) in [5.74, 6) is 0.547. The maximum atomic E-state index is 13.1. The minimum atomic E-state index is -0.214. The first-order valence-corrected chi connectivity index (χ1v) is 8.52. The maximum Gasteiger partial charge on any atom is 0.123 e. The van der Waals surface area contributed by atoms with E-state index in [2.05, 4.69) is 20.4 Å². The fourth-order valence-electron chi connectivity index (χ4n) is 3.52. The lowest BCUT2D eigenvalue weighted by Crippen LogP contribution is -2.27. The molecule has 2 aromatic rings. The van der Waals surface area contributed by atoms with Crippen LogP contribution in [0.15, 0.2) is 30.5 Å². The van der Waals surface area contributed by atoms with Crippen molar-refractivity contribution in [2.24, 2.45) is 5.92 Å². The van der Waals surface area contributed by atoms with E-state index < -0.39 is 0 Å². The van der Waals surface area contributed by atoms with E-state index in [1.807, 2.05) is 6.20 Å². The summed E-state index contributed by atoms with van der Waals surface area (Å²) in [4.78, 5) is 2.65. The zero-order valence-electron chi connectivity index (χ0n) is 13.3. The van der Waals surface area contributed by atoms with Crippen LogP contribution in [0.5, 0.6) is 0 Å². The van der Waals surface area contributed by atoms with Crippen LogP contribution in [0.2, 0.25) is 0 Å². The summed E-state index contributed by atoms with van der Waals surface area (Å²) in [6.45, 7) is 4.36. The molecule has 23 heavy (non-hydrogen) atoms. The highest BCUT2D eigenvalue weighted by atomic mass is 19.1. The molecule has 5 heteroatoms. The predicted molar refractivity (Wildman–Crippen MR) is 88.4 cm³/mol. The summed E-state index contributed by atoms with van der Waals surface area (Å²) in [6, 6.07) is 7.43. The smallest absolute Gasteiger partial charge is 0.123 e. The Morgan fingerprint density at radius 3 is 2.83 bits per heavy atom. The van der Waals surface area contributed by atoms with Crippen molar-refractivity contribution >= 4 is 0 Å². The van der Waals surface area contributed by atoms with Gasteiger partial charge in [-0.3, -0.25) is 5.10 Å². The molecule has 4 rings (SSSR count). The minimum Gasteiger partial charge on any atom is -0.312 e. The molecule has 2 N–H and O–H groups in total. The van der Waals surface area contributed by atoms with Crippen LogP contribution in [0.4, 0.5) is 4.39 Å². The number of aromatic amines is 1.